The Labute approximate surface area is 271 Å². The lowest BCUT2D eigenvalue weighted by Crippen LogP contribution is -2.39. The minimum Gasteiger partial charge on any atom is -0.0682 e. The van der Waals surface area contributed by atoms with Gasteiger partial charge in [-0.25, -0.2) is 0 Å². The molecule has 2 atom stereocenters. The predicted molar refractivity (Wildman–Crippen MR) is 194 cm³/mol. The first-order chi connectivity index (χ1) is 21.3. The standard InChI is InChI=1S/C45H48/c1-23(2)30-12-13-31-21-34-32-14-15-37-39(43(32)44(10,11)41(34)33(31)20-30)36-19-28(8)38-27(7)16-25(5)18-35(38)42(36)45(37)22-26(6)17-29(9)40(45)24(3)4/h12-20,22-24,40H,21H2,1-11H3. The molecule has 0 saturated carbocycles. The normalized spacial score (nSPS) is 22.2. The third-order valence-corrected chi connectivity index (χ3v) is 12.0. The van der Waals surface area contributed by atoms with Crippen LogP contribution in [0.2, 0.25) is 0 Å². The van der Waals surface area contributed by atoms with Gasteiger partial charge < -0.3 is 0 Å². The van der Waals surface area contributed by atoms with Crippen LogP contribution in [0.3, 0.4) is 0 Å². The fraction of sp³-hybridized carbons (Fsp3) is 0.378. The fourth-order valence-corrected chi connectivity index (χ4v) is 10.8. The summed E-state index contributed by atoms with van der Waals surface area (Å²) < 4.78 is 0. The lowest BCUT2D eigenvalue weighted by molar-refractivity contribution is 0.336. The summed E-state index contributed by atoms with van der Waals surface area (Å²) >= 11 is 0. The first-order valence-electron chi connectivity index (χ1n) is 17.3. The number of rotatable bonds is 2. The molecule has 0 fully saturated rings. The maximum atomic E-state index is 2.67. The molecule has 0 bridgehead atoms. The predicted octanol–water partition coefficient (Wildman–Crippen LogP) is 12.1. The first-order valence-corrected chi connectivity index (χ1v) is 17.3. The summed E-state index contributed by atoms with van der Waals surface area (Å²) in [5.74, 6) is 1.42. The van der Waals surface area contributed by atoms with Gasteiger partial charge in [0, 0.05) is 10.8 Å². The number of allylic oxidation sites excluding steroid dienone is 6. The van der Waals surface area contributed by atoms with Crippen LogP contribution in [0.1, 0.15) is 117 Å². The number of fused-ring (bicyclic) bond motifs is 12. The number of aryl methyl sites for hydroxylation is 3. The molecule has 0 saturated heterocycles. The molecule has 4 aromatic rings. The largest absolute Gasteiger partial charge is 0.0682 e. The fourth-order valence-electron chi connectivity index (χ4n) is 10.8. The molecule has 0 heteroatoms. The zero-order valence-corrected chi connectivity index (χ0v) is 29.2. The van der Waals surface area contributed by atoms with Crippen LogP contribution in [0.25, 0.3) is 33.0 Å². The monoisotopic (exact) mass is 588 g/mol. The second-order valence-corrected chi connectivity index (χ2v) is 16.1. The molecule has 0 amide bonds. The molecule has 0 aliphatic heterocycles. The highest BCUT2D eigenvalue weighted by molar-refractivity contribution is 6.11. The summed E-state index contributed by atoms with van der Waals surface area (Å²) in [7, 11) is 0. The Morgan fingerprint density at radius 1 is 0.756 bits per heavy atom. The maximum Gasteiger partial charge on any atom is 0.0473 e. The van der Waals surface area contributed by atoms with E-state index in [0.717, 1.165) is 6.42 Å². The van der Waals surface area contributed by atoms with E-state index in [2.05, 4.69) is 137 Å². The summed E-state index contributed by atoms with van der Waals surface area (Å²) in [4.78, 5) is 0. The van der Waals surface area contributed by atoms with Crippen molar-refractivity contribution in [2.75, 3.05) is 0 Å². The van der Waals surface area contributed by atoms with Gasteiger partial charge in [0.1, 0.15) is 0 Å². The van der Waals surface area contributed by atoms with Gasteiger partial charge in [-0.3, -0.25) is 0 Å². The minimum atomic E-state index is -0.200. The minimum absolute atomic E-state index is 0.0866. The van der Waals surface area contributed by atoms with Gasteiger partial charge >= 0.3 is 0 Å². The van der Waals surface area contributed by atoms with Crippen LogP contribution in [0.15, 0.2) is 71.8 Å². The van der Waals surface area contributed by atoms with Crippen LogP contribution in [-0.2, 0) is 17.3 Å². The van der Waals surface area contributed by atoms with Gasteiger partial charge in [-0.15, -0.1) is 0 Å². The van der Waals surface area contributed by atoms with Gasteiger partial charge in [0.25, 0.3) is 0 Å². The third-order valence-electron chi connectivity index (χ3n) is 12.0. The van der Waals surface area contributed by atoms with E-state index >= 15 is 0 Å². The van der Waals surface area contributed by atoms with E-state index in [1.807, 2.05) is 0 Å². The van der Waals surface area contributed by atoms with E-state index in [0.29, 0.717) is 17.8 Å². The first kappa shape index (κ1) is 28.8. The average Bonchev–Trinajstić information content (AvgIpc) is 3.52. The van der Waals surface area contributed by atoms with Crippen LogP contribution in [0.5, 0.6) is 0 Å². The topological polar surface area (TPSA) is 0 Å². The Morgan fingerprint density at radius 2 is 1.49 bits per heavy atom. The summed E-state index contributed by atoms with van der Waals surface area (Å²) in [6.45, 7) is 26.2. The van der Waals surface area contributed by atoms with Crippen molar-refractivity contribution in [2.24, 2.45) is 11.8 Å². The average molecular weight is 589 g/mol. The summed E-state index contributed by atoms with van der Waals surface area (Å²) in [5.41, 5.74) is 23.5. The number of hydrogen-bond donors (Lipinski definition) is 0. The van der Waals surface area contributed by atoms with Crippen LogP contribution < -0.4 is 0 Å². The van der Waals surface area contributed by atoms with Crippen molar-refractivity contribution in [3.63, 3.8) is 0 Å². The van der Waals surface area contributed by atoms with Crippen molar-refractivity contribution >= 4 is 21.9 Å². The van der Waals surface area contributed by atoms with Crippen LogP contribution in [0.4, 0.5) is 0 Å². The van der Waals surface area contributed by atoms with Crippen molar-refractivity contribution < 1.29 is 0 Å². The summed E-state index contributed by atoms with van der Waals surface area (Å²) in [5, 5.41) is 2.90. The molecule has 45 heavy (non-hydrogen) atoms. The van der Waals surface area contributed by atoms with Gasteiger partial charge in [-0.2, -0.15) is 0 Å². The quantitative estimate of drug-likeness (QED) is 0.218. The Morgan fingerprint density at radius 3 is 2.20 bits per heavy atom. The van der Waals surface area contributed by atoms with Crippen molar-refractivity contribution in [3.8, 4) is 11.1 Å². The molecule has 1 spiro atoms. The van der Waals surface area contributed by atoms with E-state index in [4.69, 9.17) is 0 Å². The molecule has 0 nitrogen and oxygen atoms in total. The molecule has 4 aliphatic carbocycles. The van der Waals surface area contributed by atoms with Gasteiger partial charge in [0.2, 0.25) is 0 Å². The molecule has 0 aromatic heterocycles. The second kappa shape index (κ2) is 9.22. The lowest BCUT2D eigenvalue weighted by atomic mass is 9.58. The molecule has 2 unspecified atom stereocenters. The SMILES string of the molecule is CC1=CC2(c3ccc4c(c3-c3cc(C)c5c(C)cc(C)cc5c32)C(C)(C)C2=C4Cc3ccc(C(C)C)cc32)C(C(C)C)C(C)=C1. The number of benzene rings is 4. The van der Waals surface area contributed by atoms with Gasteiger partial charge in [0.15, 0.2) is 0 Å². The van der Waals surface area contributed by atoms with E-state index in [9.17, 15) is 0 Å². The van der Waals surface area contributed by atoms with Crippen LogP contribution in [-0.4, -0.2) is 0 Å². The number of hydrogen-bond acceptors (Lipinski definition) is 0. The highest BCUT2D eigenvalue weighted by atomic mass is 14.6. The van der Waals surface area contributed by atoms with E-state index < -0.39 is 0 Å². The Hall–Kier alpha value is -3.64. The molecule has 4 aromatic carbocycles. The Balaban J connectivity index is 1.50. The Kier molecular flexibility index (Phi) is 5.90. The second-order valence-electron chi connectivity index (χ2n) is 16.1. The molecule has 0 heterocycles. The molecular weight excluding hydrogens is 540 g/mol. The van der Waals surface area contributed by atoms with Crippen LogP contribution in [0, 0.1) is 32.6 Å². The highest BCUT2D eigenvalue weighted by Gasteiger charge is 2.54. The smallest absolute Gasteiger partial charge is 0.0473 e. The highest BCUT2D eigenvalue weighted by Crippen LogP contribution is 2.66. The molecule has 0 radical (unpaired) electrons. The van der Waals surface area contributed by atoms with Crippen molar-refractivity contribution in [3.05, 3.63) is 127 Å². The summed E-state index contributed by atoms with van der Waals surface area (Å²) in [6.07, 6.45) is 6.17. The molecular formula is C45H48. The van der Waals surface area contributed by atoms with E-state index in [1.165, 1.54) is 77.6 Å². The van der Waals surface area contributed by atoms with Crippen LogP contribution >= 0.6 is 0 Å². The zero-order chi connectivity index (χ0) is 31.9. The maximum absolute atomic E-state index is 2.67. The molecule has 228 valence electrons. The Bertz CT molecular complexity index is 2100. The van der Waals surface area contributed by atoms with Crippen molar-refractivity contribution in [2.45, 2.75) is 99.3 Å². The van der Waals surface area contributed by atoms with Gasteiger partial charge in [0.05, 0.1) is 0 Å². The van der Waals surface area contributed by atoms with E-state index in [1.54, 1.807) is 22.3 Å². The third kappa shape index (κ3) is 3.55. The van der Waals surface area contributed by atoms with E-state index in [-0.39, 0.29) is 10.8 Å². The van der Waals surface area contributed by atoms with Gasteiger partial charge in [-0.05, 0) is 142 Å². The molecule has 0 N–H and O–H groups in total. The zero-order valence-electron chi connectivity index (χ0n) is 29.2. The summed E-state index contributed by atoms with van der Waals surface area (Å²) in [6, 6.07) is 19.8. The van der Waals surface area contributed by atoms with Crippen molar-refractivity contribution in [1.82, 2.24) is 0 Å². The van der Waals surface area contributed by atoms with Gasteiger partial charge in [-0.1, -0.05) is 119 Å². The molecule has 4 aliphatic rings. The molecule has 8 rings (SSSR count). The van der Waals surface area contributed by atoms with Crippen molar-refractivity contribution in [1.29, 1.82) is 0 Å². The lowest BCUT2D eigenvalue weighted by Gasteiger charge is -2.44.